The van der Waals surface area contributed by atoms with Crippen molar-refractivity contribution in [3.63, 3.8) is 0 Å². The van der Waals surface area contributed by atoms with E-state index < -0.39 is 33.4 Å². The lowest BCUT2D eigenvalue weighted by molar-refractivity contribution is 0.102. The molecule has 1 amide bonds. The summed E-state index contributed by atoms with van der Waals surface area (Å²) in [6.07, 6.45) is 0. The van der Waals surface area contributed by atoms with Crippen molar-refractivity contribution in [2.45, 2.75) is 18.4 Å². The first-order chi connectivity index (χ1) is 13.7. The molecule has 1 heterocycles. The maximum atomic E-state index is 13.6. The van der Waals surface area contributed by atoms with Gasteiger partial charge in [-0.3, -0.25) is 4.79 Å². The molecule has 0 aliphatic carbocycles. The van der Waals surface area contributed by atoms with Crippen LogP contribution in [0.1, 0.15) is 20.4 Å². The zero-order valence-corrected chi connectivity index (χ0v) is 16.4. The predicted octanol–water partition coefficient (Wildman–Crippen LogP) is 2.99. The van der Waals surface area contributed by atoms with Crippen LogP contribution in [0.15, 0.2) is 41.3 Å². The highest BCUT2D eigenvalue weighted by atomic mass is 32.2. The van der Waals surface area contributed by atoms with Crippen molar-refractivity contribution in [2.75, 3.05) is 5.32 Å². The van der Waals surface area contributed by atoms with Crippen molar-refractivity contribution in [3.05, 3.63) is 69.4 Å². The number of rotatable bonds is 6. The van der Waals surface area contributed by atoms with Gasteiger partial charge < -0.3 is 5.32 Å². The van der Waals surface area contributed by atoms with E-state index in [4.69, 9.17) is 0 Å². The number of halogens is 3. The second-order valence-electron chi connectivity index (χ2n) is 5.81. The molecule has 1 aromatic heterocycles. The quantitative estimate of drug-likeness (QED) is 0.611. The molecule has 0 fully saturated rings. The van der Waals surface area contributed by atoms with Crippen LogP contribution in [0, 0.1) is 24.4 Å². The second-order valence-corrected chi connectivity index (χ2v) is 8.61. The molecule has 0 bridgehead atoms. The smallest absolute Gasteiger partial charge is 0.286 e. The maximum absolute atomic E-state index is 13.6. The Bertz CT molecular complexity index is 1180. The molecule has 0 spiro atoms. The minimum absolute atomic E-state index is 0.148. The van der Waals surface area contributed by atoms with Crippen LogP contribution in [0.2, 0.25) is 0 Å². The predicted molar refractivity (Wildman–Crippen MR) is 99.4 cm³/mol. The molecule has 0 aliphatic heterocycles. The van der Waals surface area contributed by atoms with E-state index >= 15 is 0 Å². The van der Waals surface area contributed by atoms with E-state index in [2.05, 4.69) is 20.2 Å². The van der Waals surface area contributed by atoms with Crippen molar-refractivity contribution in [3.8, 4) is 0 Å². The minimum atomic E-state index is -4.02. The Morgan fingerprint density at radius 3 is 2.48 bits per heavy atom. The molecule has 2 aromatic carbocycles. The largest absolute Gasteiger partial charge is 0.317 e. The lowest BCUT2D eigenvalue weighted by Gasteiger charge is -2.08. The fraction of sp³-hybridized carbons (Fsp3) is 0.118. The van der Waals surface area contributed by atoms with Crippen molar-refractivity contribution in [1.82, 2.24) is 14.9 Å². The highest BCUT2D eigenvalue weighted by molar-refractivity contribution is 7.89. The Morgan fingerprint density at radius 2 is 1.76 bits per heavy atom. The van der Waals surface area contributed by atoms with Gasteiger partial charge in [0.15, 0.2) is 0 Å². The van der Waals surface area contributed by atoms with Crippen LogP contribution >= 0.6 is 11.3 Å². The van der Waals surface area contributed by atoms with Gasteiger partial charge in [-0.25, -0.2) is 26.3 Å². The van der Waals surface area contributed by atoms with Gasteiger partial charge in [-0.05, 0) is 36.8 Å². The first-order valence-corrected chi connectivity index (χ1v) is 10.3. The number of hydrogen-bond donors (Lipinski definition) is 2. The highest BCUT2D eigenvalue weighted by Gasteiger charge is 2.20. The Balaban J connectivity index is 1.68. The molecule has 29 heavy (non-hydrogen) atoms. The van der Waals surface area contributed by atoms with Crippen LogP contribution in [0.3, 0.4) is 0 Å². The summed E-state index contributed by atoms with van der Waals surface area (Å²) in [6.45, 7) is 1.24. The molecule has 7 nitrogen and oxygen atoms in total. The minimum Gasteiger partial charge on any atom is -0.317 e. The van der Waals surface area contributed by atoms with Crippen LogP contribution in [0.25, 0.3) is 0 Å². The number of aryl methyl sites for hydroxylation is 1. The van der Waals surface area contributed by atoms with Gasteiger partial charge in [0.1, 0.15) is 22.5 Å². The van der Waals surface area contributed by atoms with Crippen molar-refractivity contribution < 1.29 is 26.4 Å². The van der Waals surface area contributed by atoms with Crippen molar-refractivity contribution in [2.24, 2.45) is 0 Å². The zero-order chi connectivity index (χ0) is 21.2. The van der Waals surface area contributed by atoms with Gasteiger partial charge >= 0.3 is 0 Å². The molecule has 0 saturated carbocycles. The van der Waals surface area contributed by atoms with Crippen molar-refractivity contribution >= 4 is 33.0 Å². The van der Waals surface area contributed by atoms with Gasteiger partial charge in [-0.1, -0.05) is 17.4 Å². The number of sulfonamides is 1. The summed E-state index contributed by atoms with van der Waals surface area (Å²) in [5, 5.41) is 9.57. The molecule has 2 N–H and O–H groups in total. The number of anilines is 1. The van der Waals surface area contributed by atoms with Gasteiger partial charge in [-0.15, -0.1) is 10.2 Å². The summed E-state index contributed by atoms with van der Waals surface area (Å²) in [4.78, 5) is 11.9. The lowest BCUT2D eigenvalue weighted by atomic mass is 10.2. The lowest BCUT2D eigenvalue weighted by Crippen LogP contribution is -2.24. The van der Waals surface area contributed by atoms with Gasteiger partial charge in [0.05, 0.1) is 17.1 Å². The average molecular weight is 442 g/mol. The van der Waals surface area contributed by atoms with E-state index in [0.29, 0.717) is 11.6 Å². The summed E-state index contributed by atoms with van der Waals surface area (Å²) in [6, 6.07) is 6.03. The number of nitrogens with one attached hydrogen (secondary N) is 2. The monoisotopic (exact) mass is 442 g/mol. The zero-order valence-electron chi connectivity index (χ0n) is 14.7. The molecule has 0 aliphatic rings. The summed E-state index contributed by atoms with van der Waals surface area (Å²) in [5.41, 5.74) is 0.119. The summed E-state index contributed by atoms with van der Waals surface area (Å²) < 4.78 is 66.8. The summed E-state index contributed by atoms with van der Waals surface area (Å²) in [7, 11) is -4.02. The fourth-order valence-corrected chi connectivity index (χ4v) is 4.29. The van der Waals surface area contributed by atoms with Gasteiger partial charge in [0, 0.05) is 6.07 Å². The van der Waals surface area contributed by atoms with Gasteiger partial charge in [-0.2, -0.15) is 0 Å². The van der Waals surface area contributed by atoms with Crippen LogP contribution in [0.4, 0.5) is 18.9 Å². The molecule has 0 unspecified atom stereocenters. The van der Waals surface area contributed by atoms with Crippen molar-refractivity contribution in [1.29, 1.82) is 0 Å². The van der Waals surface area contributed by atoms with E-state index in [9.17, 15) is 26.4 Å². The second kappa shape index (κ2) is 8.27. The number of amides is 1. The maximum Gasteiger partial charge on any atom is 0.286 e. The number of hydrogen-bond acceptors (Lipinski definition) is 6. The Labute approximate surface area is 167 Å². The molecule has 0 atom stereocenters. The van der Waals surface area contributed by atoms with Crippen LogP contribution in [0.5, 0.6) is 0 Å². The SMILES string of the molecule is Cc1ccc(F)cc1S(=O)(=O)NCc1nnc(C(=O)Nc2ccc(F)cc2F)s1. The fourth-order valence-electron chi connectivity index (χ4n) is 2.28. The number of nitrogens with zero attached hydrogens (tertiary/aromatic N) is 2. The average Bonchev–Trinajstić information content (AvgIpc) is 3.13. The van der Waals surface area contributed by atoms with Gasteiger partial charge in [0.25, 0.3) is 5.91 Å². The highest BCUT2D eigenvalue weighted by Crippen LogP contribution is 2.19. The van der Waals surface area contributed by atoms with E-state index in [0.717, 1.165) is 35.6 Å². The van der Waals surface area contributed by atoms with Crippen LogP contribution < -0.4 is 10.0 Å². The Morgan fingerprint density at radius 1 is 1.07 bits per heavy atom. The topological polar surface area (TPSA) is 101 Å². The Kier molecular flexibility index (Phi) is 5.96. The standard InChI is InChI=1S/C17H13F3N4O3S2/c1-9-2-3-11(19)7-14(9)29(26,27)21-8-15-23-24-17(28-15)16(25)22-13-5-4-10(18)6-12(13)20/h2-7,21H,8H2,1H3,(H,22,25). The Hall–Kier alpha value is -2.83. The van der Waals surface area contributed by atoms with E-state index in [1.165, 1.54) is 13.0 Å². The molecule has 0 radical (unpaired) electrons. The molecular weight excluding hydrogens is 429 g/mol. The molecular formula is C17H13F3N4O3S2. The normalized spacial score (nSPS) is 11.4. The molecule has 3 rings (SSSR count). The summed E-state index contributed by atoms with van der Waals surface area (Å²) >= 11 is 0.781. The first kappa shape index (κ1) is 20.9. The van der Waals surface area contributed by atoms with E-state index in [-0.39, 0.29) is 27.1 Å². The molecule has 152 valence electrons. The molecule has 0 saturated heterocycles. The number of carbonyl (C=O) groups is 1. The van der Waals surface area contributed by atoms with Crippen LogP contribution in [-0.2, 0) is 16.6 Å². The first-order valence-electron chi connectivity index (χ1n) is 8.00. The van der Waals surface area contributed by atoms with Gasteiger partial charge in [0.2, 0.25) is 15.0 Å². The van der Waals surface area contributed by atoms with Crippen LogP contribution in [-0.4, -0.2) is 24.5 Å². The third kappa shape index (κ3) is 4.96. The molecule has 12 heteroatoms. The third-order valence-electron chi connectivity index (χ3n) is 3.69. The number of carbonyl (C=O) groups excluding carboxylic acids is 1. The van der Waals surface area contributed by atoms with E-state index in [1.807, 2.05) is 0 Å². The third-order valence-corrected chi connectivity index (χ3v) is 6.16. The molecule has 3 aromatic rings. The number of aromatic nitrogens is 2. The summed E-state index contributed by atoms with van der Waals surface area (Å²) in [5.74, 6) is -3.23. The van der Waals surface area contributed by atoms with E-state index in [1.54, 1.807) is 0 Å². The number of benzene rings is 2.